The summed E-state index contributed by atoms with van der Waals surface area (Å²) in [6.45, 7) is 0.685. The molecule has 0 saturated carbocycles. The van der Waals surface area contributed by atoms with Gasteiger partial charge < -0.3 is 9.47 Å². The molecule has 0 saturated heterocycles. The lowest BCUT2D eigenvalue weighted by Crippen LogP contribution is -2.28. The zero-order valence-corrected chi connectivity index (χ0v) is 5.53. The third kappa shape index (κ3) is 0.886. The number of fused-ring (bicyclic) bond motifs is 1. The van der Waals surface area contributed by atoms with Crippen molar-refractivity contribution < 1.29 is 4.65 Å². The van der Waals surface area contributed by atoms with Crippen molar-refractivity contribution in [1.29, 1.82) is 0 Å². The summed E-state index contributed by atoms with van der Waals surface area (Å²) in [7, 11) is 1.72. The molecule has 0 atom stereocenters. The summed E-state index contributed by atoms with van der Waals surface area (Å²) in [5, 5.41) is 0. The van der Waals surface area contributed by atoms with Gasteiger partial charge in [0.1, 0.15) is 0 Å². The zero-order chi connectivity index (χ0) is 6.81. The van der Waals surface area contributed by atoms with Crippen LogP contribution < -0.4 is 0 Å². The molecule has 0 unspecified atom stereocenters. The first kappa shape index (κ1) is 5.80. The van der Waals surface area contributed by atoms with Crippen molar-refractivity contribution >= 4 is 7.62 Å². The van der Waals surface area contributed by atoms with Crippen molar-refractivity contribution in [3.8, 4) is 0 Å². The second kappa shape index (κ2) is 2.35. The quantitative estimate of drug-likeness (QED) is 0.452. The molecular formula is C7H7BNO. The van der Waals surface area contributed by atoms with Crippen molar-refractivity contribution in [1.82, 2.24) is 4.81 Å². The van der Waals surface area contributed by atoms with E-state index in [2.05, 4.69) is 6.08 Å². The molecule has 10 heavy (non-hydrogen) atoms. The van der Waals surface area contributed by atoms with Gasteiger partial charge in [0, 0.05) is 5.70 Å². The molecular weight excluding hydrogens is 125 g/mol. The van der Waals surface area contributed by atoms with Crippen LogP contribution in [0.3, 0.4) is 0 Å². The van der Waals surface area contributed by atoms with Gasteiger partial charge in [0.25, 0.3) is 0 Å². The Labute approximate surface area is 60.8 Å². The Morgan fingerprint density at radius 2 is 2.50 bits per heavy atom. The van der Waals surface area contributed by atoms with Gasteiger partial charge in [-0.2, -0.15) is 0 Å². The number of rotatable bonds is 0. The third-order valence-electron chi connectivity index (χ3n) is 1.50. The summed E-state index contributed by atoms with van der Waals surface area (Å²) in [6, 6.07) is 0. The molecule has 2 heterocycles. The molecule has 0 aliphatic carbocycles. The van der Waals surface area contributed by atoms with Crippen LogP contribution in [0.1, 0.15) is 0 Å². The highest BCUT2D eigenvalue weighted by Gasteiger charge is 2.12. The summed E-state index contributed by atoms with van der Waals surface area (Å²) >= 11 is 0. The first-order chi connectivity index (χ1) is 4.97. The molecule has 0 spiro atoms. The van der Waals surface area contributed by atoms with E-state index in [0.29, 0.717) is 6.61 Å². The monoisotopic (exact) mass is 132 g/mol. The van der Waals surface area contributed by atoms with Gasteiger partial charge in [-0.1, -0.05) is 6.08 Å². The smallest absolute Gasteiger partial charge is 0.415 e. The molecule has 0 amide bonds. The molecule has 0 fully saturated rings. The molecule has 0 aromatic heterocycles. The summed E-state index contributed by atoms with van der Waals surface area (Å²) in [5.74, 6) is 0. The van der Waals surface area contributed by atoms with Crippen LogP contribution in [0, 0.1) is 0 Å². The number of nitrogens with zero attached hydrogens (tertiary/aromatic N) is 1. The second-order valence-corrected chi connectivity index (χ2v) is 2.18. The van der Waals surface area contributed by atoms with Crippen molar-refractivity contribution in [3.05, 3.63) is 36.2 Å². The minimum absolute atomic E-state index is 0.685. The number of hydrogen-bond donors (Lipinski definition) is 0. The van der Waals surface area contributed by atoms with Crippen LogP contribution >= 0.6 is 0 Å². The van der Waals surface area contributed by atoms with Crippen molar-refractivity contribution in [2.24, 2.45) is 0 Å². The fraction of sp³-hybridized carbons (Fsp3) is 0.143. The van der Waals surface area contributed by atoms with Crippen LogP contribution in [0.25, 0.3) is 0 Å². The Morgan fingerprint density at radius 1 is 1.50 bits per heavy atom. The average molecular weight is 132 g/mol. The highest BCUT2D eigenvalue weighted by Crippen LogP contribution is 2.13. The van der Waals surface area contributed by atoms with Gasteiger partial charge in [0.15, 0.2) is 0 Å². The van der Waals surface area contributed by atoms with E-state index in [1.165, 1.54) is 5.70 Å². The van der Waals surface area contributed by atoms with Crippen LogP contribution in [0.2, 0.25) is 0 Å². The lowest BCUT2D eigenvalue weighted by atomic mass is 10.1. The first-order valence-electron chi connectivity index (χ1n) is 3.25. The Hall–Kier alpha value is -0.955. The third-order valence-corrected chi connectivity index (χ3v) is 1.50. The zero-order valence-electron chi connectivity index (χ0n) is 5.53. The molecule has 0 N–H and O–H groups in total. The van der Waals surface area contributed by atoms with Gasteiger partial charge in [0.05, 0.1) is 6.61 Å². The van der Waals surface area contributed by atoms with E-state index in [0.717, 1.165) is 0 Å². The number of hydrogen-bond acceptors (Lipinski definition) is 2. The summed E-state index contributed by atoms with van der Waals surface area (Å²) in [5.41, 5.74) is 1.19. The maximum atomic E-state index is 5.08. The highest BCUT2D eigenvalue weighted by molar-refractivity contribution is 6.25. The van der Waals surface area contributed by atoms with E-state index in [-0.39, 0.29) is 0 Å². The molecule has 2 aliphatic heterocycles. The van der Waals surface area contributed by atoms with Crippen molar-refractivity contribution in [2.75, 3.05) is 6.61 Å². The van der Waals surface area contributed by atoms with E-state index in [1.807, 2.05) is 29.2 Å². The molecule has 2 nitrogen and oxygen atoms in total. The normalized spacial score (nSPS) is 21.6. The largest absolute Gasteiger partial charge is 0.443 e. The van der Waals surface area contributed by atoms with Gasteiger partial charge >= 0.3 is 7.62 Å². The predicted molar refractivity (Wildman–Crippen MR) is 39.9 cm³/mol. The van der Waals surface area contributed by atoms with Crippen molar-refractivity contribution in [3.63, 3.8) is 0 Å². The first-order valence-corrected chi connectivity index (χ1v) is 3.25. The Bertz CT molecular complexity index is 220. The summed E-state index contributed by atoms with van der Waals surface area (Å²) < 4.78 is 5.08. The molecule has 49 valence electrons. The topological polar surface area (TPSA) is 12.5 Å². The minimum Gasteiger partial charge on any atom is -0.415 e. The van der Waals surface area contributed by atoms with Crippen LogP contribution in [-0.2, 0) is 4.65 Å². The van der Waals surface area contributed by atoms with Crippen LogP contribution in [-0.4, -0.2) is 19.0 Å². The fourth-order valence-electron chi connectivity index (χ4n) is 0.995. The van der Waals surface area contributed by atoms with Gasteiger partial charge in [-0.25, -0.2) is 0 Å². The molecule has 0 bridgehead atoms. The van der Waals surface area contributed by atoms with Gasteiger partial charge in [0.2, 0.25) is 0 Å². The standard InChI is InChI=1S/C7H7BNO/c1-2-5-9-7(3-1)4-6-10-8-9/h1-5H,6H2. The molecule has 2 rings (SSSR count). The van der Waals surface area contributed by atoms with E-state index >= 15 is 0 Å². The van der Waals surface area contributed by atoms with E-state index in [1.54, 1.807) is 7.62 Å². The van der Waals surface area contributed by atoms with Gasteiger partial charge in [-0.3, -0.25) is 0 Å². The van der Waals surface area contributed by atoms with Crippen LogP contribution in [0.5, 0.6) is 0 Å². The van der Waals surface area contributed by atoms with E-state index in [4.69, 9.17) is 4.65 Å². The maximum Gasteiger partial charge on any atom is 0.443 e. The Morgan fingerprint density at radius 3 is 3.40 bits per heavy atom. The minimum atomic E-state index is 0.685. The molecule has 0 aromatic rings. The van der Waals surface area contributed by atoms with E-state index in [9.17, 15) is 0 Å². The van der Waals surface area contributed by atoms with Gasteiger partial charge in [-0.05, 0) is 24.4 Å². The predicted octanol–water partition coefficient (Wildman–Crippen LogP) is 0.820. The Kier molecular flexibility index (Phi) is 1.36. The average Bonchev–Trinajstić information content (AvgIpc) is 2.05. The van der Waals surface area contributed by atoms with Crippen LogP contribution in [0.4, 0.5) is 0 Å². The summed E-state index contributed by atoms with van der Waals surface area (Å²) in [4.78, 5) is 1.95. The second-order valence-electron chi connectivity index (χ2n) is 2.18. The SMILES string of the molecule is [B]1OCC=C2C=CC=CN12. The lowest BCUT2D eigenvalue weighted by Gasteiger charge is -2.25. The Balaban J connectivity index is 2.27. The lowest BCUT2D eigenvalue weighted by molar-refractivity contribution is 0.337. The highest BCUT2D eigenvalue weighted by atomic mass is 16.4. The number of allylic oxidation sites excluding steroid dienone is 3. The maximum absolute atomic E-state index is 5.08. The molecule has 3 heteroatoms. The van der Waals surface area contributed by atoms with Crippen LogP contribution in [0.15, 0.2) is 36.2 Å². The van der Waals surface area contributed by atoms with E-state index < -0.39 is 0 Å². The molecule has 0 aromatic carbocycles. The fourth-order valence-corrected chi connectivity index (χ4v) is 0.995. The molecule has 1 radical (unpaired) electrons. The molecule has 2 aliphatic rings. The van der Waals surface area contributed by atoms with Crippen molar-refractivity contribution in [2.45, 2.75) is 0 Å². The van der Waals surface area contributed by atoms with Gasteiger partial charge in [-0.15, -0.1) is 0 Å². The summed E-state index contributed by atoms with van der Waals surface area (Å²) in [6.07, 6.45) is 10.0.